The second-order valence-corrected chi connectivity index (χ2v) is 9.52. The Labute approximate surface area is 179 Å². The van der Waals surface area contributed by atoms with Crippen molar-refractivity contribution in [3.8, 4) is 0 Å². The van der Waals surface area contributed by atoms with Gasteiger partial charge in [-0.15, -0.1) is 21.5 Å². The molecule has 7 nitrogen and oxygen atoms in total. The highest BCUT2D eigenvalue weighted by Gasteiger charge is 2.20. The third-order valence-electron chi connectivity index (χ3n) is 5.06. The molecule has 158 valence electrons. The van der Waals surface area contributed by atoms with Crippen molar-refractivity contribution in [2.45, 2.75) is 57.5 Å². The van der Waals surface area contributed by atoms with E-state index < -0.39 is 5.97 Å². The summed E-state index contributed by atoms with van der Waals surface area (Å²) < 4.78 is 7.06. The Morgan fingerprint density at radius 1 is 1.31 bits per heavy atom. The summed E-state index contributed by atoms with van der Waals surface area (Å²) in [4.78, 5) is 25.4. The van der Waals surface area contributed by atoms with Crippen LogP contribution < -0.4 is 5.32 Å². The van der Waals surface area contributed by atoms with Crippen molar-refractivity contribution in [3.63, 3.8) is 0 Å². The number of amides is 1. The van der Waals surface area contributed by atoms with E-state index in [9.17, 15) is 9.59 Å². The van der Waals surface area contributed by atoms with E-state index in [2.05, 4.69) is 15.5 Å². The van der Waals surface area contributed by atoms with Gasteiger partial charge >= 0.3 is 5.97 Å². The predicted molar refractivity (Wildman–Crippen MR) is 116 cm³/mol. The first-order chi connectivity index (χ1) is 14.0. The van der Waals surface area contributed by atoms with Crippen LogP contribution in [0.4, 0.5) is 5.00 Å². The average Bonchev–Trinajstić information content (AvgIpc) is 3.24. The van der Waals surface area contributed by atoms with Crippen LogP contribution in [0, 0.1) is 12.8 Å². The molecular formula is C20H28N4O3S2. The second-order valence-electron chi connectivity index (χ2n) is 7.32. The number of anilines is 1. The standard InChI is InChI=1S/C20H28N4O3S2/c1-4-27-19(26)15-10-13(2)29-18(15)21-17(25)12-28-20-23-22-16(24(20)3)11-14-8-6-5-7-9-14/h10,14H,4-9,11-12H2,1-3H3,(H,21,25). The lowest BCUT2D eigenvalue weighted by Gasteiger charge is -2.20. The molecule has 1 saturated carbocycles. The molecule has 2 aromatic heterocycles. The Hall–Kier alpha value is -1.87. The molecule has 1 aliphatic carbocycles. The number of esters is 1. The SMILES string of the molecule is CCOC(=O)c1cc(C)sc1NC(=O)CSc1nnc(CC2CCCCC2)n1C. The molecule has 2 heterocycles. The molecule has 0 bridgehead atoms. The van der Waals surface area contributed by atoms with Gasteiger partial charge in [0.05, 0.1) is 17.9 Å². The Bertz CT molecular complexity index is 856. The number of hydrogen-bond donors (Lipinski definition) is 1. The van der Waals surface area contributed by atoms with Gasteiger partial charge in [-0.25, -0.2) is 4.79 Å². The summed E-state index contributed by atoms with van der Waals surface area (Å²) in [6.45, 7) is 3.95. The fraction of sp³-hybridized carbons (Fsp3) is 0.600. The van der Waals surface area contributed by atoms with Crippen LogP contribution in [0.1, 0.15) is 60.1 Å². The molecule has 1 aliphatic rings. The molecule has 0 unspecified atom stereocenters. The van der Waals surface area contributed by atoms with Crippen molar-refractivity contribution in [2.24, 2.45) is 13.0 Å². The van der Waals surface area contributed by atoms with E-state index in [-0.39, 0.29) is 11.7 Å². The maximum absolute atomic E-state index is 12.4. The normalized spacial score (nSPS) is 14.7. The van der Waals surface area contributed by atoms with Gasteiger partial charge in [0.2, 0.25) is 5.91 Å². The van der Waals surface area contributed by atoms with Crippen LogP contribution in [0.5, 0.6) is 0 Å². The smallest absolute Gasteiger partial charge is 0.341 e. The summed E-state index contributed by atoms with van der Waals surface area (Å²) >= 11 is 2.72. The topological polar surface area (TPSA) is 86.1 Å². The number of carbonyl (C=O) groups is 2. The van der Waals surface area contributed by atoms with E-state index in [1.165, 1.54) is 55.2 Å². The molecule has 0 saturated heterocycles. The number of carbonyl (C=O) groups excluding carboxylic acids is 2. The van der Waals surface area contributed by atoms with E-state index in [4.69, 9.17) is 4.74 Å². The minimum absolute atomic E-state index is 0.181. The first-order valence-electron chi connectivity index (χ1n) is 10.1. The Morgan fingerprint density at radius 2 is 2.07 bits per heavy atom. The largest absolute Gasteiger partial charge is 0.462 e. The van der Waals surface area contributed by atoms with Crippen LogP contribution >= 0.6 is 23.1 Å². The van der Waals surface area contributed by atoms with Gasteiger partial charge in [-0.05, 0) is 25.8 Å². The minimum Gasteiger partial charge on any atom is -0.462 e. The fourth-order valence-corrected chi connectivity index (χ4v) is 5.20. The lowest BCUT2D eigenvalue weighted by molar-refractivity contribution is -0.113. The molecule has 0 aromatic carbocycles. The van der Waals surface area contributed by atoms with Crippen LogP contribution in [0.3, 0.4) is 0 Å². The van der Waals surface area contributed by atoms with Gasteiger partial charge in [-0.3, -0.25) is 4.79 Å². The molecule has 2 aromatic rings. The average molecular weight is 437 g/mol. The van der Waals surface area contributed by atoms with Gasteiger partial charge in [0.25, 0.3) is 0 Å². The molecule has 9 heteroatoms. The third-order valence-corrected chi connectivity index (χ3v) is 7.04. The van der Waals surface area contributed by atoms with Crippen LogP contribution in [-0.4, -0.2) is 39.0 Å². The number of aromatic nitrogens is 3. The van der Waals surface area contributed by atoms with E-state index in [0.717, 1.165) is 22.3 Å². The molecule has 0 radical (unpaired) electrons. The second kappa shape index (κ2) is 10.2. The van der Waals surface area contributed by atoms with Crippen molar-refractivity contribution in [1.82, 2.24) is 14.8 Å². The van der Waals surface area contributed by atoms with Crippen LogP contribution in [0.15, 0.2) is 11.2 Å². The first kappa shape index (κ1) is 21.8. The van der Waals surface area contributed by atoms with E-state index in [1.807, 2.05) is 18.5 Å². The zero-order valence-corrected chi connectivity index (χ0v) is 18.8. The Kier molecular flexibility index (Phi) is 7.71. The zero-order chi connectivity index (χ0) is 20.8. The van der Waals surface area contributed by atoms with Crippen molar-refractivity contribution in [3.05, 3.63) is 22.3 Å². The first-order valence-corrected chi connectivity index (χ1v) is 11.9. The maximum Gasteiger partial charge on any atom is 0.341 e. The number of hydrogen-bond acceptors (Lipinski definition) is 7. The highest BCUT2D eigenvalue weighted by molar-refractivity contribution is 7.99. The summed E-state index contributed by atoms with van der Waals surface area (Å²) in [6, 6.07) is 1.74. The van der Waals surface area contributed by atoms with Gasteiger partial charge in [0.1, 0.15) is 10.8 Å². The van der Waals surface area contributed by atoms with E-state index >= 15 is 0 Å². The number of thiophene rings is 1. The molecular weight excluding hydrogens is 408 g/mol. The molecule has 1 N–H and O–H groups in total. The molecule has 3 rings (SSSR count). The number of ether oxygens (including phenoxy) is 1. The number of rotatable bonds is 8. The Balaban J connectivity index is 1.55. The van der Waals surface area contributed by atoms with E-state index in [0.29, 0.717) is 23.1 Å². The van der Waals surface area contributed by atoms with Crippen LogP contribution in [0.2, 0.25) is 0 Å². The van der Waals surface area contributed by atoms with Crippen molar-refractivity contribution in [2.75, 3.05) is 17.7 Å². The third kappa shape index (κ3) is 5.82. The quantitative estimate of drug-likeness (QED) is 0.493. The lowest BCUT2D eigenvalue weighted by Crippen LogP contribution is -2.16. The molecule has 29 heavy (non-hydrogen) atoms. The van der Waals surface area contributed by atoms with Crippen molar-refractivity contribution >= 4 is 40.0 Å². The number of aryl methyl sites for hydroxylation is 1. The summed E-state index contributed by atoms with van der Waals surface area (Å²) in [5.41, 5.74) is 0.404. The van der Waals surface area contributed by atoms with Gasteiger partial charge in [0, 0.05) is 18.3 Å². The molecule has 1 amide bonds. The van der Waals surface area contributed by atoms with Gasteiger partial charge in [-0.2, -0.15) is 0 Å². The maximum atomic E-state index is 12.4. The molecule has 0 aliphatic heterocycles. The highest BCUT2D eigenvalue weighted by Crippen LogP contribution is 2.29. The van der Waals surface area contributed by atoms with Crippen LogP contribution in [0.25, 0.3) is 0 Å². The minimum atomic E-state index is -0.416. The number of thioether (sulfide) groups is 1. The summed E-state index contributed by atoms with van der Waals surface area (Å²) in [6.07, 6.45) is 7.43. The summed E-state index contributed by atoms with van der Waals surface area (Å²) in [5.74, 6) is 1.28. The van der Waals surface area contributed by atoms with Crippen molar-refractivity contribution < 1.29 is 14.3 Å². The van der Waals surface area contributed by atoms with Gasteiger partial charge in [-0.1, -0.05) is 43.9 Å². The summed E-state index contributed by atoms with van der Waals surface area (Å²) in [7, 11) is 1.96. The fourth-order valence-electron chi connectivity index (χ4n) is 3.56. The predicted octanol–water partition coefficient (Wildman–Crippen LogP) is 4.22. The number of nitrogens with one attached hydrogen (secondary N) is 1. The zero-order valence-electron chi connectivity index (χ0n) is 17.2. The highest BCUT2D eigenvalue weighted by atomic mass is 32.2. The molecule has 0 spiro atoms. The van der Waals surface area contributed by atoms with E-state index in [1.54, 1.807) is 13.0 Å². The van der Waals surface area contributed by atoms with Gasteiger partial charge in [0.15, 0.2) is 5.16 Å². The van der Waals surface area contributed by atoms with Crippen molar-refractivity contribution in [1.29, 1.82) is 0 Å². The van der Waals surface area contributed by atoms with Gasteiger partial charge < -0.3 is 14.6 Å². The number of nitrogens with zero attached hydrogens (tertiary/aromatic N) is 3. The molecule has 0 atom stereocenters. The summed E-state index contributed by atoms with van der Waals surface area (Å²) in [5, 5.41) is 12.7. The lowest BCUT2D eigenvalue weighted by atomic mass is 9.87. The molecule has 1 fully saturated rings. The van der Waals surface area contributed by atoms with Crippen LogP contribution in [-0.2, 0) is 23.0 Å². The monoisotopic (exact) mass is 436 g/mol. The Morgan fingerprint density at radius 3 is 2.79 bits per heavy atom.